The average molecular weight is 370 g/mol. The summed E-state index contributed by atoms with van der Waals surface area (Å²) in [5, 5.41) is 9.31. The molecule has 3 rings (SSSR count). The molecule has 24 heavy (non-hydrogen) atoms. The molecular formula is C16H24ClN5OS. The molecule has 0 spiro atoms. The largest absolute Gasteiger partial charge is 0.355 e. The van der Waals surface area contributed by atoms with Gasteiger partial charge in [-0.1, -0.05) is 0 Å². The number of hydrogen-bond donors (Lipinski definition) is 2. The lowest BCUT2D eigenvalue weighted by atomic mass is 9.97. The first-order valence-electron chi connectivity index (χ1n) is 8.07. The van der Waals surface area contributed by atoms with Gasteiger partial charge in [0.1, 0.15) is 17.0 Å². The molecular weight excluding hydrogens is 346 g/mol. The summed E-state index contributed by atoms with van der Waals surface area (Å²) in [5.74, 6) is 1.13. The van der Waals surface area contributed by atoms with Crippen molar-refractivity contribution in [3.8, 4) is 0 Å². The van der Waals surface area contributed by atoms with Gasteiger partial charge in [-0.25, -0.2) is 9.97 Å². The summed E-state index contributed by atoms with van der Waals surface area (Å²) >= 11 is 1.62. The summed E-state index contributed by atoms with van der Waals surface area (Å²) < 4.78 is 0. The zero-order valence-electron chi connectivity index (χ0n) is 14.0. The van der Waals surface area contributed by atoms with E-state index in [1.165, 1.54) is 0 Å². The standard InChI is InChI=1S/C16H23N5OS.ClH/c1-11(17-2)8-18-15(22)12-4-3-6-21(9-12)14-13-5-7-23-16(13)20-10-19-14;/h5,7,10-12,17H,3-4,6,8-9H2,1-2H3,(H,18,22);1H. The lowest BCUT2D eigenvalue weighted by molar-refractivity contribution is -0.125. The predicted octanol–water partition coefficient (Wildman–Crippen LogP) is 2.05. The van der Waals surface area contributed by atoms with Crippen molar-refractivity contribution in [3.05, 3.63) is 17.8 Å². The van der Waals surface area contributed by atoms with E-state index in [2.05, 4.69) is 38.5 Å². The molecule has 0 aliphatic carbocycles. The van der Waals surface area contributed by atoms with Crippen LogP contribution >= 0.6 is 23.7 Å². The maximum Gasteiger partial charge on any atom is 0.224 e. The Balaban J connectivity index is 0.00000208. The number of fused-ring (bicyclic) bond motifs is 1. The van der Waals surface area contributed by atoms with Crippen LogP contribution in [0.4, 0.5) is 5.82 Å². The van der Waals surface area contributed by atoms with Crippen LogP contribution in [0.25, 0.3) is 10.2 Å². The Morgan fingerprint density at radius 1 is 1.50 bits per heavy atom. The predicted molar refractivity (Wildman–Crippen MR) is 101 cm³/mol. The third-order valence-electron chi connectivity index (χ3n) is 4.41. The average Bonchev–Trinajstić information content (AvgIpc) is 3.08. The fourth-order valence-corrected chi connectivity index (χ4v) is 3.64. The molecule has 1 aliphatic rings. The van der Waals surface area contributed by atoms with Gasteiger partial charge < -0.3 is 15.5 Å². The van der Waals surface area contributed by atoms with Gasteiger partial charge >= 0.3 is 0 Å². The number of carbonyl (C=O) groups is 1. The second-order valence-electron chi connectivity index (χ2n) is 6.06. The van der Waals surface area contributed by atoms with Gasteiger partial charge in [0.05, 0.1) is 11.3 Å². The van der Waals surface area contributed by atoms with E-state index < -0.39 is 0 Å². The Morgan fingerprint density at radius 2 is 2.33 bits per heavy atom. The Hall–Kier alpha value is -1.44. The van der Waals surface area contributed by atoms with Crippen molar-refractivity contribution in [1.82, 2.24) is 20.6 Å². The van der Waals surface area contributed by atoms with E-state index in [9.17, 15) is 4.79 Å². The highest BCUT2D eigenvalue weighted by Crippen LogP contribution is 2.29. The van der Waals surface area contributed by atoms with Gasteiger partial charge in [-0.3, -0.25) is 4.79 Å². The van der Waals surface area contributed by atoms with Crippen LogP contribution in [0.1, 0.15) is 19.8 Å². The number of nitrogens with zero attached hydrogens (tertiary/aromatic N) is 3. The minimum absolute atomic E-state index is 0. The smallest absolute Gasteiger partial charge is 0.224 e. The van der Waals surface area contributed by atoms with Crippen LogP contribution in [0.3, 0.4) is 0 Å². The van der Waals surface area contributed by atoms with Crippen LogP contribution in [0, 0.1) is 5.92 Å². The Bertz CT molecular complexity index is 679. The summed E-state index contributed by atoms with van der Waals surface area (Å²) in [6.45, 7) is 4.39. The molecule has 3 heterocycles. The van der Waals surface area contributed by atoms with Crippen LogP contribution in [0.15, 0.2) is 17.8 Å². The maximum atomic E-state index is 12.4. The first-order valence-corrected chi connectivity index (χ1v) is 8.95. The van der Waals surface area contributed by atoms with Crippen molar-refractivity contribution in [3.63, 3.8) is 0 Å². The highest BCUT2D eigenvalue weighted by Gasteiger charge is 2.27. The molecule has 2 unspecified atom stereocenters. The van der Waals surface area contributed by atoms with Crippen LogP contribution in [0.5, 0.6) is 0 Å². The van der Waals surface area contributed by atoms with E-state index in [-0.39, 0.29) is 30.3 Å². The topological polar surface area (TPSA) is 70.2 Å². The number of carbonyl (C=O) groups excluding carboxylic acids is 1. The summed E-state index contributed by atoms with van der Waals surface area (Å²) in [6, 6.07) is 2.35. The number of amides is 1. The molecule has 8 heteroatoms. The van der Waals surface area contributed by atoms with E-state index >= 15 is 0 Å². The summed E-state index contributed by atoms with van der Waals surface area (Å²) in [7, 11) is 1.90. The Labute approximate surface area is 152 Å². The van der Waals surface area contributed by atoms with Gasteiger partial charge in [-0.05, 0) is 38.3 Å². The van der Waals surface area contributed by atoms with Crippen LogP contribution in [-0.4, -0.2) is 48.6 Å². The molecule has 0 bridgehead atoms. The number of halogens is 1. The molecule has 132 valence electrons. The van der Waals surface area contributed by atoms with Crippen molar-refractivity contribution in [1.29, 1.82) is 0 Å². The lowest BCUT2D eigenvalue weighted by Gasteiger charge is -2.33. The number of likely N-dealkylation sites (N-methyl/N-ethyl adjacent to an activating group) is 1. The summed E-state index contributed by atoms with van der Waals surface area (Å²) in [5.41, 5.74) is 0. The molecule has 2 N–H and O–H groups in total. The minimum Gasteiger partial charge on any atom is -0.355 e. The number of hydrogen-bond acceptors (Lipinski definition) is 6. The molecule has 2 atom stereocenters. The SMILES string of the molecule is CNC(C)CNC(=O)C1CCCN(c2ncnc3sccc23)C1.Cl. The van der Waals surface area contributed by atoms with E-state index in [4.69, 9.17) is 0 Å². The quantitative estimate of drug-likeness (QED) is 0.844. The second kappa shape index (κ2) is 8.60. The summed E-state index contributed by atoms with van der Waals surface area (Å²) in [6.07, 6.45) is 3.57. The van der Waals surface area contributed by atoms with Gasteiger partial charge in [0, 0.05) is 25.7 Å². The van der Waals surface area contributed by atoms with E-state index in [1.54, 1.807) is 17.7 Å². The van der Waals surface area contributed by atoms with Crippen LogP contribution in [0.2, 0.25) is 0 Å². The molecule has 2 aromatic rings. The Morgan fingerprint density at radius 3 is 3.12 bits per heavy atom. The zero-order chi connectivity index (χ0) is 16.2. The fourth-order valence-electron chi connectivity index (χ4n) is 2.91. The zero-order valence-corrected chi connectivity index (χ0v) is 15.6. The van der Waals surface area contributed by atoms with Crippen molar-refractivity contribution >= 4 is 45.7 Å². The first kappa shape index (κ1) is 18.9. The number of aromatic nitrogens is 2. The number of rotatable bonds is 5. The fraction of sp³-hybridized carbons (Fsp3) is 0.562. The van der Waals surface area contributed by atoms with E-state index in [1.807, 2.05) is 12.4 Å². The van der Waals surface area contributed by atoms with Crippen molar-refractivity contribution < 1.29 is 4.79 Å². The normalized spacial score (nSPS) is 18.9. The molecule has 1 saturated heterocycles. The molecule has 2 aromatic heterocycles. The molecule has 1 amide bonds. The minimum atomic E-state index is 0. The van der Waals surface area contributed by atoms with Gasteiger partial charge in [-0.2, -0.15) is 0 Å². The third-order valence-corrected chi connectivity index (χ3v) is 5.23. The first-order chi connectivity index (χ1) is 11.2. The molecule has 1 fully saturated rings. The molecule has 6 nitrogen and oxygen atoms in total. The molecule has 1 aliphatic heterocycles. The molecule has 0 saturated carbocycles. The second-order valence-corrected chi connectivity index (χ2v) is 6.95. The maximum absolute atomic E-state index is 12.4. The van der Waals surface area contributed by atoms with Gasteiger partial charge in [0.2, 0.25) is 5.91 Å². The molecule has 0 aromatic carbocycles. The van der Waals surface area contributed by atoms with Crippen LogP contribution < -0.4 is 15.5 Å². The lowest BCUT2D eigenvalue weighted by Crippen LogP contribution is -2.46. The van der Waals surface area contributed by atoms with E-state index in [0.29, 0.717) is 6.54 Å². The van der Waals surface area contributed by atoms with Crippen LogP contribution in [-0.2, 0) is 4.79 Å². The third kappa shape index (κ3) is 4.15. The van der Waals surface area contributed by atoms with Gasteiger partial charge in [-0.15, -0.1) is 23.7 Å². The van der Waals surface area contributed by atoms with Gasteiger partial charge in [0.15, 0.2) is 0 Å². The number of piperidine rings is 1. The van der Waals surface area contributed by atoms with Crippen molar-refractivity contribution in [2.24, 2.45) is 5.92 Å². The number of thiophene rings is 1. The van der Waals surface area contributed by atoms with E-state index in [0.717, 1.165) is 42.0 Å². The highest BCUT2D eigenvalue weighted by molar-refractivity contribution is 7.16. The summed E-state index contributed by atoms with van der Waals surface area (Å²) in [4.78, 5) is 24.4. The monoisotopic (exact) mass is 369 g/mol. The van der Waals surface area contributed by atoms with Crippen molar-refractivity contribution in [2.45, 2.75) is 25.8 Å². The number of nitrogens with one attached hydrogen (secondary N) is 2. The molecule has 0 radical (unpaired) electrons. The Kier molecular flexibility index (Phi) is 6.77. The highest BCUT2D eigenvalue weighted by atomic mass is 35.5. The van der Waals surface area contributed by atoms with Crippen molar-refractivity contribution in [2.75, 3.05) is 31.6 Å². The number of anilines is 1. The van der Waals surface area contributed by atoms with Gasteiger partial charge in [0.25, 0.3) is 0 Å².